The molecule has 2 amide bonds. The van der Waals surface area contributed by atoms with E-state index in [1.807, 2.05) is 18.5 Å². The SMILES string of the molecule is Cc1nc2c(cnn2C(C)C)cc1C(=O)Nc1ccc(F)c(NC(=O)C2CCCCC2)c1. The average Bonchev–Trinajstić information content (AvgIpc) is 3.19. The number of nitrogens with zero attached hydrogens (tertiary/aromatic N) is 3. The molecule has 0 spiro atoms. The Morgan fingerprint density at radius 1 is 1.12 bits per heavy atom. The van der Waals surface area contributed by atoms with Gasteiger partial charge in [-0.05, 0) is 57.9 Å². The highest BCUT2D eigenvalue weighted by atomic mass is 19.1. The van der Waals surface area contributed by atoms with Gasteiger partial charge < -0.3 is 10.6 Å². The Morgan fingerprint density at radius 2 is 1.88 bits per heavy atom. The zero-order chi connectivity index (χ0) is 22.8. The number of fused-ring (bicyclic) bond motifs is 1. The third kappa shape index (κ3) is 4.49. The number of aryl methyl sites for hydroxylation is 1. The highest BCUT2D eigenvalue weighted by molar-refractivity contribution is 6.07. The number of anilines is 2. The first kappa shape index (κ1) is 21.9. The van der Waals surface area contributed by atoms with E-state index >= 15 is 0 Å². The van der Waals surface area contributed by atoms with Crippen molar-refractivity contribution < 1.29 is 14.0 Å². The maximum atomic E-state index is 14.3. The number of aromatic nitrogens is 3. The third-order valence-electron chi connectivity index (χ3n) is 5.95. The van der Waals surface area contributed by atoms with Crippen molar-refractivity contribution in [2.45, 2.75) is 58.9 Å². The van der Waals surface area contributed by atoms with Gasteiger partial charge >= 0.3 is 0 Å². The van der Waals surface area contributed by atoms with E-state index in [0.29, 0.717) is 16.9 Å². The van der Waals surface area contributed by atoms with E-state index in [0.717, 1.165) is 43.1 Å². The number of carbonyl (C=O) groups is 2. The van der Waals surface area contributed by atoms with Gasteiger partial charge in [-0.2, -0.15) is 5.10 Å². The molecular formula is C24H28FN5O2. The molecule has 2 N–H and O–H groups in total. The van der Waals surface area contributed by atoms with Crippen LogP contribution in [-0.4, -0.2) is 26.6 Å². The third-order valence-corrected chi connectivity index (χ3v) is 5.95. The second kappa shape index (κ2) is 9.06. The zero-order valence-corrected chi connectivity index (χ0v) is 18.6. The largest absolute Gasteiger partial charge is 0.323 e. The lowest BCUT2D eigenvalue weighted by atomic mass is 9.88. The summed E-state index contributed by atoms with van der Waals surface area (Å²) in [6.45, 7) is 5.80. The topological polar surface area (TPSA) is 88.9 Å². The van der Waals surface area contributed by atoms with E-state index in [2.05, 4.69) is 20.7 Å². The first-order valence-corrected chi connectivity index (χ1v) is 11.1. The van der Waals surface area contributed by atoms with E-state index in [4.69, 9.17) is 0 Å². The predicted octanol–water partition coefficient (Wildman–Crippen LogP) is 5.23. The average molecular weight is 438 g/mol. The molecule has 1 fully saturated rings. The molecule has 2 aromatic heterocycles. The Hall–Kier alpha value is -3.29. The highest BCUT2D eigenvalue weighted by Gasteiger charge is 2.22. The smallest absolute Gasteiger partial charge is 0.257 e. The fraction of sp³-hybridized carbons (Fsp3) is 0.417. The van der Waals surface area contributed by atoms with Crippen LogP contribution < -0.4 is 10.6 Å². The maximum absolute atomic E-state index is 14.3. The molecule has 0 aliphatic heterocycles. The second-order valence-corrected chi connectivity index (χ2v) is 8.69. The summed E-state index contributed by atoms with van der Waals surface area (Å²) in [4.78, 5) is 30.0. The number of rotatable bonds is 5. The molecule has 0 saturated heterocycles. The molecule has 32 heavy (non-hydrogen) atoms. The predicted molar refractivity (Wildman–Crippen MR) is 122 cm³/mol. The van der Waals surface area contributed by atoms with Gasteiger partial charge in [0.15, 0.2) is 5.65 Å². The molecule has 7 nitrogen and oxygen atoms in total. The van der Waals surface area contributed by atoms with E-state index < -0.39 is 5.82 Å². The number of benzene rings is 1. The van der Waals surface area contributed by atoms with Crippen LogP contribution in [0.2, 0.25) is 0 Å². The minimum atomic E-state index is -0.535. The first-order chi connectivity index (χ1) is 15.3. The monoisotopic (exact) mass is 437 g/mol. The number of hydrogen-bond donors (Lipinski definition) is 2. The standard InChI is InChI=1S/C24H28FN5O2/c1-14(2)30-22-17(13-26-30)11-19(15(3)27-22)24(32)28-18-9-10-20(25)21(12-18)29-23(31)16-7-5-4-6-8-16/h9-14,16H,4-8H2,1-3H3,(H,28,32)(H,29,31). The van der Waals surface area contributed by atoms with Crippen LogP contribution in [0.4, 0.5) is 15.8 Å². The van der Waals surface area contributed by atoms with E-state index in [1.165, 1.54) is 18.2 Å². The van der Waals surface area contributed by atoms with Crippen molar-refractivity contribution in [2.24, 2.45) is 5.92 Å². The Morgan fingerprint density at radius 3 is 2.59 bits per heavy atom. The van der Waals surface area contributed by atoms with Crippen LogP contribution >= 0.6 is 0 Å². The molecule has 8 heteroatoms. The summed E-state index contributed by atoms with van der Waals surface area (Å²) in [5.74, 6) is -1.15. The van der Waals surface area contributed by atoms with Crippen molar-refractivity contribution in [1.82, 2.24) is 14.8 Å². The van der Waals surface area contributed by atoms with Crippen molar-refractivity contribution in [1.29, 1.82) is 0 Å². The molecule has 0 radical (unpaired) electrons. The Bertz CT molecular complexity index is 1160. The fourth-order valence-electron chi connectivity index (χ4n) is 4.17. The number of halogens is 1. The highest BCUT2D eigenvalue weighted by Crippen LogP contribution is 2.27. The Balaban J connectivity index is 1.52. The number of hydrogen-bond acceptors (Lipinski definition) is 4. The van der Waals surface area contributed by atoms with E-state index in [-0.39, 0.29) is 29.5 Å². The van der Waals surface area contributed by atoms with Crippen molar-refractivity contribution in [2.75, 3.05) is 10.6 Å². The quantitative estimate of drug-likeness (QED) is 0.572. The van der Waals surface area contributed by atoms with Crippen LogP contribution in [0, 0.1) is 18.7 Å². The lowest BCUT2D eigenvalue weighted by Gasteiger charge is -2.21. The molecule has 168 valence electrons. The van der Waals surface area contributed by atoms with E-state index in [9.17, 15) is 14.0 Å². The van der Waals surface area contributed by atoms with Gasteiger partial charge in [-0.15, -0.1) is 0 Å². The summed E-state index contributed by atoms with van der Waals surface area (Å²) in [6.07, 6.45) is 6.51. The van der Waals surface area contributed by atoms with Crippen molar-refractivity contribution in [3.8, 4) is 0 Å². The van der Waals surface area contributed by atoms with Crippen molar-refractivity contribution in [3.63, 3.8) is 0 Å². The summed E-state index contributed by atoms with van der Waals surface area (Å²) in [5.41, 5.74) is 2.18. The number of amides is 2. The summed E-state index contributed by atoms with van der Waals surface area (Å²) in [6, 6.07) is 6.08. The molecule has 1 aliphatic rings. The normalized spacial score (nSPS) is 14.7. The molecule has 0 unspecified atom stereocenters. The van der Waals surface area contributed by atoms with Gasteiger partial charge in [0.2, 0.25) is 5.91 Å². The summed E-state index contributed by atoms with van der Waals surface area (Å²) >= 11 is 0. The first-order valence-electron chi connectivity index (χ1n) is 11.1. The van der Waals surface area contributed by atoms with Crippen molar-refractivity contribution in [3.05, 3.63) is 47.5 Å². The fourth-order valence-corrected chi connectivity index (χ4v) is 4.17. The zero-order valence-electron chi connectivity index (χ0n) is 18.6. The molecule has 1 aliphatic carbocycles. The lowest BCUT2D eigenvalue weighted by Crippen LogP contribution is -2.25. The van der Waals surface area contributed by atoms with Crippen LogP contribution in [-0.2, 0) is 4.79 Å². The summed E-state index contributed by atoms with van der Waals surface area (Å²) in [5, 5.41) is 10.6. The van der Waals surface area contributed by atoms with Crippen LogP contribution in [0.15, 0.2) is 30.5 Å². The minimum absolute atomic E-state index is 0.0712. The summed E-state index contributed by atoms with van der Waals surface area (Å²) in [7, 11) is 0. The van der Waals surface area contributed by atoms with Gasteiger partial charge in [0.1, 0.15) is 5.82 Å². The Kier molecular flexibility index (Phi) is 6.21. The van der Waals surface area contributed by atoms with Gasteiger partial charge in [0, 0.05) is 23.0 Å². The molecule has 3 aromatic rings. The number of pyridine rings is 1. The molecule has 0 bridgehead atoms. The van der Waals surface area contributed by atoms with Gasteiger partial charge in [0.05, 0.1) is 23.1 Å². The molecule has 0 atom stereocenters. The van der Waals surface area contributed by atoms with Gasteiger partial charge in [-0.25, -0.2) is 14.1 Å². The van der Waals surface area contributed by atoms with E-state index in [1.54, 1.807) is 19.2 Å². The second-order valence-electron chi connectivity index (χ2n) is 8.69. The maximum Gasteiger partial charge on any atom is 0.257 e. The molecule has 1 aromatic carbocycles. The molecular weight excluding hydrogens is 409 g/mol. The van der Waals surface area contributed by atoms with Crippen molar-refractivity contribution >= 4 is 34.2 Å². The number of carbonyl (C=O) groups excluding carboxylic acids is 2. The van der Waals surface area contributed by atoms with Gasteiger partial charge in [-0.3, -0.25) is 9.59 Å². The molecule has 1 saturated carbocycles. The molecule has 2 heterocycles. The van der Waals surface area contributed by atoms with Gasteiger partial charge in [-0.1, -0.05) is 19.3 Å². The van der Waals surface area contributed by atoms with Crippen LogP contribution in [0.1, 0.15) is 68.0 Å². The van der Waals surface area contributed by atoms with Crippen LogP contribution in [0.5, 0.6) is 0 Å². The molecule has 4 rings (SSSR count). The van der Waals surface area contributed by atoms with Crippen LogP contribution in [0.25, 0.3) is 11.0 Å². The number of nitrogens with one attached hydrogen (secondary N) is 2. The van der Waals surface area contributed by atoms with Crippen LogP contribution in [0.3, 0.4) is 0 Å². The Labute approximate surface area is 186 Å². The lowest BCUT2D eigenvalue weighted by molar-refractivity contribution is -0.120. The van der Waals surface area contributed by atoms with Gasteiger partial charge in [0.25, 0.3) is 5.91 Å². The summed E-state index contributed by atoms with van der Waals surface area (Å²) < 4.78 is 16.1. The minimum Gasteiger partial charge on any atom is -0.323 e.